The summed E-state index contributed by atoms with van der Waals surface area (Å²) in [5.41, 5.74) is 0.467. The molecule has 1 aromatic rings. The lowest BCUT2D eigenvalue weighted by Crippen LogP contribution is -2.76. The van der Waals surface area contributed by atoms with E-state index in [0.29, 0.717) is 24.8 Å². The average molecular weight is 219 g/mol. The van der Waals surface area contributed by atoms with Gasteiger partial charge in [-0.3, -0.25) is 4.79 Å². The molecule has 3 saturated carbocycles. The summed E-state index contributed by atoms with van der Waals surface area (Å²) in [5, 5.41) is 2.96. The highest BCUT2D eigenvalue weighted by Gasteiger charge is 2.69. The third-order valence-electron chi connectivity index (χ3n) is 3.73. The minimum Gasteiger partial charge on any atom is -0.346 e. The summed E-state index contributed by atoms with van der Waals surface area (Å²) in [4.78, 5) is 12.0. The Balaban J connectivity index is 1.73. The van der Waals surface area contributed by atoms with E-state index in [2.05, 4.69) is 5.32 Å². The molecule has 0 atom stereocenters. The van der Waals surface area contributed by atoms with Crippen molar-refractivity contribution in [2.45, 2.75) is 37.4 Å². The van der Waals surface area contributed by atoms with Crippen molar-refractivity contribution >= 4 is 5.91 Å². The third kappa shape index (κ3) is 1.27. The summed E-state index contributed by atoms with van der Waals surface area (Å²) >= 11 is 0. The first-order valence-corrected chi connectivity index (χ1v) is 5.59. The van der Waals surface area contributed by atoms with E-state index in [1.165, 1.54) is 0 Å². The lowest BCUT2D eigenvalue weighted by molar-refractivity contribution is -0.162. The second-order valence-electron chi connectivity index (χ2n) is 5.23. The number of rotatable bonds is 2. The maximum absolute atomic E-state index is 13.3. The van der Waals surface area contributed by atoms with E-state index in [1.807, 2.05) is 25.1 Å². The number of halogens is 1. The van der Waals surface area contributed by atoms with Gasteiger partial charge in [0.2, 0.25) is 0 Å². The summed E-state index contributed by atoms with van der Waals surface area (Å²) < 4.78 is 13.3. The molecule has 1 amide bonds. The number of nitrogens with one attached hydrogen (secondary N) is 1. The van der Waals surface area contributed by atoms with Gasteiger partial charge in [0.25, 0.3) is 5.91 Å². The molecule has 0 heterocycles. The first-order valence-electron chi connectivity index (χ1n) is 5.59. The minimum absolute atomic E-state index is 0.0696. The van der Waals surface area contributed by atoms with Gasteiger partial charge in [0.1, 0.15) is 5.67 Å². The summed E-state index contributed by atoms with van der Waals surface area (Å²) in [6, 6.07) is 7.47. The SMILES string of the molecule is Cc1ccccc1C(=O)NC12CC(F)(C1)C2. The average Bonchev–Trinajstić information content (AvgIpc) is 2.14. The molecule has 1 aromatic carbocycles. The van der Waals surface area contributed by atoms with Gasteiger partial charge in [0.15, 0.2) is 0 Å². The zero-order valence-electron chi connectivity index (χ0n) is 9.22. The second kappa shape index (κ2) is 2.84. The molecular formula is C13H14FNO. The Labute approximate surface area is 93.9 Å². The topological polar surface area (TPSA) is 29.1 Å². The number of carbonyl (C=O) groups excluding carboxylic acids is 1. The first-order chi connectivity index (χ1) is 7.52. The van der Waals surface area contributed by atoms with E-state index in [1.54, 1.807) is 6.07 Å². The van der Waals surface area contributed by atoms with Crippen molar-refractivity contribution < 1.29 is 9.18 Å². The Bertz CT molecular complexity index is 449. The maximum atomic E-state index is 13.3. The molecule has 2 bridgehead atoms. The van der Waals surface area contributed by atoms with Crippen LogP contribution in [-0.2, 0) is 0 Å². The number of amides is 1. The zero-order chi connectivity index (χ0) is 11.4. The van der Waals surface area contributed by atoms with Gasteiger partial charge in [0.05, 0.1) is 0 Å². The first kappa shape index (κ1) is 9.82. The van der Waals surface area contributed by atoms with Gasteiger partial charge in [-0.05, 0) is 18.6 Å². The number of hydrogen-bond acceptors (Lipinski definition) is 1. The molecule has 0 unspecified atom stereocenters. The highest BCUT2D eigenvalue weighted by Crippen LogP contribution is 2.62. The molecule has 16 heavy (non-hydrogen) atoms. The predicted molar refractivity (Wildman–Crippen MR) is 59.1 cm³/mol. The Morgan fingerprint density at radius 2 is 1.94 bits per heavy atom. The van der Waals surface area contributed by atoms with Gasteiger partial charge in [-0.2, -0.15) is 0 Å². The van der Waals surface area contributed by atoms with Crippen LogP contribution in [0.5, 0.6) is 0 Å². The molecule has 4 rings (SSSR count). The van der Waals surface area contributed by atoms with Gasteiger partial charge in [0, 0.05) is 30.4 Å². The van der Waals surface area contributed by atoms with Crippen molar-refractivity contribution in [2.24, 2.45) is 0 Å². The van der Waals surface area contributed by atoms with Crippen LogP contribution in [0.4, 0.5) is 4.39 Å². The molecule has 0 saturated heterocycles. The summed E-state index contributed by atoms with van der Waals surface area (Å²) in [5.74, 6) is -0.0696. The lowest BCUT2D eigenvalue weighted by Gasteiger charge is -2.65. The largest absolute Gasteiger partial charge is 0.346 e. The van der Waals surface area contributed by atoms with Crippen molar-refractivity contribution in [3.63, 3.8) is 0 Å². The van der Waals surface area contributed by atoms with Gasteiger partial charge < -0.3 is 5.32 Å². The van der Waals surface area contributed by atoms with Crippen molar-refractivity contribution in [3.8, 4) is 0 Å². The normalized spacial score (nSPS) is 34.9. The number of benzene rings is 1. The number of aryl methyl sites for hydroxylation is 1. The molecule has 3 aliphatic carbocycles. The minimum atomic E-state index is -0.959. The molecule has 2 nitrogen and oxygen atoms in total. The standard InChI is InChI=1S/C13H14FNO/c1-9-4-2-3-5-10(9)11(16)15-13-6-12(14,7-13)8-13/h2-5H,6-8H2,1H3,(H,15,16). The Hall–Kier alpha value is -1.38. The lowest BCUT2D eigenvalue weighted by atomic mass is 9.47. The van der Waals surface area contributed by atoms with Crippen LogP contribution >= 0.6 is 0 Å². The van der Waals surface area contributed by atoms with Crippen molar-refractivity contribution in [3.05, 3.63) is 35.4 Å². The second-order valence-corrected chi connectivity index (χ2v) is 5.23. The van der Waals surface area contributed by atoms with E-state index in [9.17, 15) is 9.18 Å². The third-order valence-corrected chi connectivity index (χ3v) is 3.73. The fraction of sp³-hybridized carbons (Fsp3) is 0.462. The van der Waals surface area contributed by atoms with Crippen LogP contribution in [0.15, 0.2) is 24.3 Å². The van der Waals surface area contributed by atoms with Crippen LogP contribution in [0, 0.1) is 6.92 Å². The summed E-state index contributed by atoms with van der Waals surface area (Å²) in [6.07, 6.45) is 1.49. The van der Waals surface area contributed by atoms with E-state index in [4.69, 9.17) is 0 Å². The summed E-state index contributed by atoms with van der Waals surface area (Å²) in [7, 11) is 0. The van der Waals surface area contributed by atoms with E-state index in [-0.39, 0.29) is 11.4 Å². The quantitative estimate of drug-likeness (QED) is 0.812. The molecule has 84 valence electrons. The van der Waals surface area contributed by atoms with Gasteiger partial charge >= 0.3 is 0 Å². The van der Waals surface area contributed by atoms with E-state index < -0.39 is 5.67 Å². The molecule has 3 aliphatic rings. The van der Waals surface area contributed by atoms with Crippen LogP contribution in [0.2, 0.25) is 0 Å². The Kier molecular flexibility index (Phi) is 1.74. The maximum Gasteiger partial charge on any atom is 0.251 e. The predicted octanol–water partition coefficient (Wildman–Crippen LogP) is 2.37. The molecule has 0 aliphatic heterocycles. The monoisotopic (exact) mass is 219 g/mol. The zero-order valence-corrected chi connectivity index (χ0v) is 9.22. The molecule has 0 radical (unpaired) electrons. The Morgan fingerprint density at radius 3 is 2.50 bits per heavy atom. The molecule has 3 heteroatoms. The molecule has 0 spiro atoms. The van der Waals surface area contributed by atoms with Gasteiger partial charge in [-0.1, -0.05) is 18.2 Å². The number of hydrogen-bond donors (Lipinski definition) is 1. The van der Waals surface area contributed by atoms with Crippen LogP contribution in [0.3, 0.4) is 0 Å². The smallest absolute Gasteiger partial charge is 0.251 e. The van der Waals surface area contributed by atoms with Crippen LogP contribution in [0.1, 0.15) is 35.2 Å². The fourth-order valence-electron chi connectivity index (χ4n) is 2.93. The fourth-order valence-corrected chi connectivity index (χ4v) is 2.93. The van der Waals surface area contributed by atoms with Crippen LogP contribution in [0.25, 0.3) is 0 Å². The van der Waals surface area contributed by atoms with Crippen LogP contribution < -0.4 is 5.32 Å². The summed E-state index contributed by atoms with van der Waals surface area (Å²) in [6.45, 7) is 1.91. The highest BCUT2D eigenvalue weighted by molar-refractivity contribution is 5.96. The van der Waals surface area contributed by atoms with Gasteiger partial charge in [-0.25, -0.2) is 4.39 Å². The van der Waals surface area contributed by atoms with Crippen molar-refractivity contribution in [1.82, 2.24) is 5.32 Å². The van der Waals surface area contributed by atoms with Gasteiger partial charge in [-0.15, -0.1) is 0 Å². The molecule has 0 aromatic heterocycles. The van der Waals surface area contributed by atoms with E-state index >= 15 is 0 Å². The molecular weight excluding hydrogens is 205 g/mol. The highest BCUT2D eigenvalue weighted by atomic mass is 19.1. The van der Waals surface area contributed by atoms with Crippen molar-refractivity contribution in [2.75, 3.05) is 0 Å². The number of carbonyl (C=O) groups is 1. The van der Waals surface area contributed by atoms with Crippen LogP contribution in [-0.4, -0.2) is 17.1 Å². The molecule has 3 fully saturated rings. The molecule has 1 N–H and O–H groups in total. The number of alkyl halides is 1. The Morgan fingerprint density at radius 1 is 1.31 bits per heavy atom. The van der Waals surface area contributed by atoms with Crippen molar-refractivity contribution in [1.29, 1.82) is 0 Å². The van der Waals surface area contributed by atoms with E-state index in [0.717, 1.165) is 5.56 Å².